The zero-order chi connectivity index (χ0) is 13.8. The van der Waals surface area contributed by atoms with Crippen molar-refractivity contribution in [3.63, 3.8) is 0 Å². The van der Waals surface area contributed by atoms with Gasteiger partial charge in [-0.15, -0.1) is 5.10 Å². The fourth-order valence-electron chi connectivity index (χ4n) is 1.88. The molecule has 1 N–H and O–H groups in total. The lowest BCUT2D eigenvalue weighted by Gasteiger charge is -2.17. The van der Waals surface area contributed by atoms with Crippen LogP contribution in [0.5, 0.6) is 5.75 Å². The number of hydrogen-bond acceptors (Lipinski definition) is 4. The van der Waals surface area contributed by atoms with E-state index in [4.69, 9.17) is 4.74 Å². The van der Waals surface area contributed by atoms with E-state index in [9.17, 15) is 4.39 Å². The quantitative estimate of drug-likeness (QED) is 0.895. The van der Waals surface area contributed by atoms with Crippen molar-refractivity contribution < 1.29 is 9.13 Å². The number of methoxy groups -OCH3 is 1. The molecule has 2 rings (SSSR count). The van der Waals surface area contributed by atoms with Gasteiger partial charge >= 0.3 is 0 Å². The zero-order valence-electron chi connectivity index (χ0n) is 11.2. The van der Waals surface area contributed by atoms with Crippen LogP contribution in [0.2, 0.25) is 0 Å². The Hall–Kier alpha value is -1.95. The van der Waals surface area contributed by atoms with E-state index in [0.29, 0.717) is 12.3 Å². The van der Waals surface area contributed by atoms with Gasteiger partial charge in [0.05, 0.1) is 19.0 Å². The summed E-state index contributed by atoms with van der Waals surface area (Å²) in [7, 11) is 3.41. The molecule has 102 valence electrons. The predicted molar refractivity (Wildman–Crippen MR) is 69.2 cm³/mol. The van der Waals surface area contributed by atoms with Crippen molar-refractivity contribution in [2.24, 2.45) is 7.05 Å². The van der Waals surface area contributed by atoms with Crippen molar-refractivity contribution in [1.29, 1.82) is 0 Å². The van der Waals surface area contributed by atoms with Gasteiger partial charge in [-0.1, -0.05) is 5.21 Å². The molecule has 6 heteroatoms. The highest BCUT2D eigenvalue weighted by Gasteiger charge is 2.13. The van der Waals surface area contributed by atoms with Gasteiger partial charge in [-0.2, -0.15) is 0 Å². The molecule has 1 atom stereocenters. The van der Waals surface area contributed by atoms with Crippen LogP contribution in [0.4, 0.5) is 4.39 Å². The second-order valence-corrected chi connectivity index (χ2v) is 4.34. The number of aromatic nitrogens is 3. The molecule has 0 aliphatic heterocycles. The second kappa shape index (κ2) is 5.79. The lowest BCUT2D eigenvalue weighted by molar-refractivity contribution is 0.399. The van der Waals surface area contributed by atoms with Crippen molar-refractivity contribution >= 4 is 0 Å². The highest BCUT2D eigenvalue weighted by molar-refractivity contribution is 5.36. The van der Waals surface area contributed by atoms with Crippen LogP contribution < -0.4 is 10.1 Å². The summed E-state index contributed by atoms with van der Waals surface area (Å²) >= 11 is 0. The molecule has 1 aromatic heterocycles. The molecule has 0 saturated carbocycles. The van der Waals surface area contributed by atoms with E-state index in [1.165, 1.54) is 12.1 Å². The first-order chi connectivity index (χ1) is 9.11. The average Bonchev–Trinajstić information content (AvgIpc) is 2.81. The topological polar surface area (TPSA) is 52.0 Å². The summed E-state index contributed by atoms with van der Waals surface area (Å²) in [6.07, 6.45) is 1.70. The van der Waals surface area contributed by atoms with Crippen LogP contribution in [0, 0.1) is 5.82 Å². The lowest BCUT2D eigenvalue weighted by Crippen LogP contribution is -2.20. The highest BCUT2D eigenvalue weighted by Crippen LogP contribution is 2.25. The Bertz CT molecular complexity index is 555. The van der Waals surface area contributed by atoms with Crippen molar-refractivity contribution in [2.45, 2.75) is 19.5 Å². The maximum Gasteiger partial charge on any atom is 0.123 e. The molecule has 0 aliphatic rings. The van der Waals surface area contributed by atoms with Gasteiger partial charge in [-0.3, -0.25) is 4.68 Å². The number of nitrogens with zero attached hydrogens (tertiary/aromatic N) is 3. The molecule has 0 radical (unpaired) electrons. The SMILES string of the molecule is COc1ccc(F)cc1C(C)NCc1cnnn1C. The van der Waals surface area contributed by atoms with E-state index in [1.54, 1.807) is 24.1 Å². The van der Waals surface area contributed by atoms with Crippen LogP contribution in [0.25, 0.3) is 0 Å². The van der Waals surface area contributed by atoms with Crippen molar-refractivity contribution in [3.05, 3.63) is 41.5 Å². The number of hydrogen-bond donors (Lipinski definition) is 1. The van der Waals surface area contributed by atoms with Crippen molar-refractivity contribution in [1.82, 2.24) is 20.3 Å². The van der Waals surface area contributed by atoms with Crippen LogP contribution in [0.1, 0.15) is 24.2 Å². The Labute approximate surface area is 111 Å². The minimum Gasteiger partial charge on any atom is -0.496 e. The summed E-state index contributed by atoms with van der Waals surface area (Å²) < 4.78 is 20.3. The molecule has 0 aliphatic carbocycles. The third kappa shape index (κ3) is 3.08. The molecule has 1 heterocycles. The van der Waals surface area contributed by atoms with Gasteiger partial charge in [0, 0.05) is 25.2 Å². The fourth-order valence-corrected chi connectivity index (χ4v) is 1.88. The zero-order valence-corrected chi connectivity index (χ0v) is 11.2. The molecule has 1 unspecified atom stereocenters. The van der Waals surface area contributed by atoms with Gasteiger partial charge in [0.2, 0.25) is 0 Å². The maximum absolute atomic E-state index is 13.3. The number of aryl methyl sites for hydroxylation is 1. The molecular weight excluding hydrogens is 247 g/mol. The lowest BCUT2D eigenvalue weighted by atomic mass is 10.1. The van der Waals surface area contributed by atoms with Gasteiger partial charge in [-0.05, 0) is 25.1 Å². The first kappa shape index (κ1) is 13.5. The van der Waals surface area contributed by atoms with E-state index in [0.717, 1.165) is 11.3 Å². The van der Waals surface area contributed by atoms with E-state index >= 15 is 0 Å². The van der Waals surface area contributed by atoms with Gasteiger partial charge in [0.15, 0.2) is 0 Å². The van der Waals surface area contributed by atoms with Gasteiger partial charge < -0.3 is 10.1 Å². The Balaban J connectivity index is 2.09. The van der Waals surface area contributed by atoms with Crippen LogP contribution in [-0.2, 0) is 13.6 Å². The highest BCUT2D eigenvalue weighted by atomic mass is 19.1. The maximum atomic E-state index is 13.3. The van der Waals surface area contributed by atoms with Gasteiger partial charge in [0.1, 0.15) is 11.6 Å². The molecule has 0 fully saturated rings. The van der Waals surface area contributed by atoms with E-state index in [1.807, 2.05) is 14.0 Å². The summed E-state index contributed by atoms with van der Waals surface area (Å²) in [6.45, 7) is 2.56. The number of halogens is 1. The Kier molecular flexibility index (Phi) is 4.11. The number of ether oxygens (including phenoxy) is 1. The normalized spacial score (nSPS) is 12.4. The van der Waals surface area contributed by atoms with E-state index < -0.39 is 0 Å². The molecule has 0 amide bonds. The standard InChI is InChI=1S/C13H17FN4O/c1-9(15-7-11-8-16-17-18(11)2)12-6-10(14)4-5-13(12)19-3/h4-6,8-9,15H,7H2,1-3H3. The average molecular weight is 264 g/mol. The van der Waals surface area contributed by atoms with E-state index in [-0.39, 0.29) is 11.9 Å². The van der Waals surface area contributed by atoms with Crippen molar-refractivity contribution in [3.8, 4) is 5.75 Å². The van der Waals surface area contributed by atoms with Crippen LogP contribution in [0.15, 0.2) is 24.4 Å². The monoisotopic (exact) mass is 264 g/mol. The van der Waals surface area contributed by atoms with E-state index in [2.05, 4.69) is 15.6 Å². The van der Waals surface area contributed by atoms with Crippen LogP contribution in [-0.4, -0.2) is 22.1 Å². The smallest absolute Gasteiger partial charge is 0.123 e. The Morgan fingerprint density at radius 1 is 1.47 bits per heavy atom. The van der Waals surface area contributed by atoms with Crippen LogP contribution >= 0.6 is 0 Å². The summed E-state index contributed by atoms with van der Waals surface area (Å²) in [5.74, 6) is 0.399. The summed E-state index contributed by atoms with van der Waals surface area (Å²) in [5, 5.41) is 11.0. The predicted octanol–water partition coefficient (Wildman–Crippen LogP) is 1.81. The summed E-state index contributed by atoms with van der Waals surface area (Å²) in [4.78, 5) is 0. The summed E-state index contributed by atoms with van der Waals surface area (Å²) in [5.41, 5.74) is 1.75. The second-order valence-electron chi connectivity index (χ2n) is 4.34. The molecule has 0 spiro atoms. The molecule has 0 saturated heterocycles. The van der Waals surface area contributed by atoms with Gasteiger partial charge in [-0.25, -0.2) is 4.39 Å². The molecule has 5 nitrogen and oxygen atoms in total. The molecule has 0 bridgehead atoms. The minimum absolute atomic E-state index is 0.0412. The molecule has 1 aromatic carbocycles. The Morgan fingerprint density at radius 3 is 2.89 bits per heavy atom. The van der Waals surface area contributed by atoms with Crippen molar-refractivity contribution in [2.75, 3.05) is 7.11 Å². The van der Waals surface area contributed by atoms with Gasteiger partial charge in [0.25, 0.3) is 0 Å². The Morgan fingerprint density at radius 2 is 2.26 bits per heavy atom. The third-order valence-corrected chi connectivity index (χ3v) is 3.06. The molecule has 2 aromatic rings. The number of rotatable bonds is 5. The molecular formula is C13H17FN4O. The third-order valence-electron chi connectivity index (χ3n) is 3.06. The molecule has 19 heavy (non-hydrogen) atoms. The number of nitrogens with one attached hydrogen (secondary N) is 1. The first-order valence-electron chi connectivity index (χ1n) is 6.02. The minimum atomic E-state index is -0.272. The number of benzene rings is 1. The van der Waals surface area contributed by atoms with Crippen LogP contribution in [0.3, 0.4) is 0 Å². The largest absolute Gasteiger partial charge is 0.496 e. The summed E-state index contributed by atoms with van der Waals surface area (Å²) in [6, 6.07) is 4.47. The fraction of sp³-hybridized carbons (Fsp3) is 0.385. The first-order valence-corrected chi connectivity index (χ1v) is 6.02.